The van der Waals surface area contributed by atoms with E-state index in [1.165, 1.54) is 0 Å². The molecule has 0 rings (SSSR count). The molecule has 0 aromatic rings. The van der Waals surface area contributed by atoms with Gasteiger partial charge in [-0.2, -0.15) is 0 Å². The van der Waals surface area contributed by atoms with E-state index >= 15 is 0 Å². The molecule has 0 fully saturated rings. The Morgan fingerprint density at radius 3 is 1.25 bits per heavy atom. The predicted molar refractivity (Wildman–Crippen MR) is 14.6 cm³/mol. The van der Waals surface area contributed by atoms with E-state index in [1.807, 2.05) is 0 Å². The third-order valence-electron chi connectivity index (χ3n) is 0. The molecule has 24 valence electrons. The second kappa shape index (κ2) is 70.3. The zero-order valence-electron chi connectivity index (χ0n) is 3.15. The van der Waals surface area contributed by atoms with E-state index in [9.17, 15) is 0 Å². The van der Waals surface area contributed by atoms with E-state index in [1.54, 1.807) is 0 Å². The number of hydrogen-bond acceptors (Lipinski definition) is 1. The van der Waals surface area contributed by atoms with Crippen molar-refractivity contribution < 1.29 is 24.6 Å². The van der Waals surface area contributed by atoms with Crippen LogP contribution in [-0.4, -0.2) is 12.2 Å². The van der Waals surface area contributed by atoms with Crippen LogP contribution in [0.3, 0.4) is 0 Å². The zero-order valence-corrected chi connectivity index (χ0v) is 6.12. The minimum Gasteiger partial charge on any atom is -0.400 e. The SMILES string of the molecule is CO.[CH3-].[Zn]. The average Bonchev–Trinajstić information content (AvgIpc) is 1.00. The van der Waals surface area contributed by atoms with E-state index in [0.29, 0.717) is 0 Å². The first kappa shape index (κ1) is 23.5. The fourth-order valence-corrected chi connectivity index (χ4v) is 0. The Morgan fingerprint density at radius 2 is 1.25 bits per heavy atom. The minimum absolute atomic E-state index is 0. The van der Waals surface area contributed by atoms with E-state index < -0.39 is 0 Å². The first-order valence-electron chi connectivity index (χ1n) is 0.447. The maximum atomic E-state index is 7.00. The summed E-state index contributed by atoms with van der Waals surface area (Å²) < 4.78 is 0. The summed E-state index contributed by atoms with van der Waals surface area (Å²) in [7, 11) is 1.00. The summed E-state index contributed by atoms with van der Waals surface area (Å²) in [5.74, 6) is 0. The van der Waals surface area contributed by atoms with Gasteiger partial charge < -0.3 is 12.5 Å². The topological polar surface area (TPSA) is 20.2 Å². The number of aliphatic hydroxyl groups is 1. The summed E-state index contributed by atoms with van der Waals surface area (Å²) in [6.07, 6.45) is 0. The molecule has 2 heteroatoms. The normalized spacial score (nSPS) is 1.50. The van der Waals surface area contributed by atoms with Crippen molar-refractivity contribution in [1.82, 2.24) is 0 Å². The molecular weight excluding hydrogens is 105 g/mol. The molecule has 0 aromatic heterocycles. The summed E-state index contributed by atoms with van der Waals surface area (Å²) >= 11 is 0. The van der Waals surface area contributed by atoms with Crippen molar-refractivity contribution in [2.24, 2.45) is 0 Å². The molecule has 0 radical (unpaired) electrons. The molecule has 0 unspecified atom stereocenters. The molecule has 0 spiro atoms. The largest absolute Gasteiger partial charge is 0.400 e. The Morgan fingerprint density at radius 1 is 1.25 bits per heavy atom. The average molecular weight is 112 g/mol. The molecule has 0 saturated heterocycles. The molecule has 0 saturated carbocycles. The van der Waals surface area contributed by atoms with Crippen molar-refractivity contribution in [3.8, 4) is 0 Å². The van der Waals surface area contributed by atoms with Gasteiger partial charge in [0.25, 0.3) is 0 Å². The molecule has 0 heterocycles. The van der Waals surface area contributed by atoms with E-state index in [-0.39, 0.29) is 26.9 Å². The van der Waals surface area contributed by atoms with Crippen LogP contribution in [0.25, 0.3) is 0 Å². The van der Waals surface area contributed by atoms with Gasteiger partial charge in [0.05, 0.1) is 0 Å². The van der Waals surface area contributed by atoms with E-state index in [4.69, 9.17) is 5.11 Å². The second-order valence-corrected chi connectivity index (χ2v) is 0. The van der Waals surface area contributed by atoms with Crippen LogP contribution >= 0.6 is 0 Å². The van der Waals surface area contributed by atoms with Crippen LogP contribution in [0.4, 0.5) is 0 Å². The molecular formula is C2H7OZn-. The van der Waals surface area contributed by atoms with Gasteiger partial charge in [0.1, 0.15) is 0 Å². The van der Waals surface area contributed by atoms with Gasteiger partial charge in [-0.1, -0.05) is 0 Å². The molecule has 0 aliphatic rings. The van der Waals surface area contributed by atoms with Gasteiger partial charge in [-0.25, -0.2) is 0 Å². The maximum Gasteiger partial charge on any atom is 0.0319 e. The Hall–Kier alpha value is 0.583. The molecule has 0 atom stereocenters. The predicted octanol–water partition coefficient (Wildman–Crippen LogP) is 0.0563. The van der Waals surface area contributed by atoms with Gasteiger partial charge in [0.2, 0.25) is 0 Å². The van der Waals surface area contributed by atoms with Crippen LogP contribution in [0.5, 0.6) is 0 Å². The Labute approximate surface area is 39.8 Å². The maximum absolute atomic E-state index is 7.00. The molecule has 0 aromatic carbocycles. The Balaban J connectivity index is -0.00000000500. The van der Waals surface area contributed by atoms with E-state index in [0.717, 1.165) is 7.11 Å². The zero-order chi connectivity index (χ0) is 2.00. The number of aliphatic hydroxyl groups excluding tert-OH is 1. The molecule has 4 heavy (non-hydrogen) atoms. The van der Waals surface area contributed by atoms with Crippen LogP contribution in [0.2, 0.25) is 0 Å². The fraction of sp³-hybridized carbons (Fsp3) is 0.500. The minimum atomic E-state index is 0. The summed E-state index contributed by atoms with van der Waals surface area (Å²) in [4.78, 5) is 0. The van der Waals surface area contributed by atoms with Crippen LogP contribution < -0.4 is 0 Å². The quantitative estimate of drug-likeness (QED) is 0.347. The van der Waals surface area contributed by atoms with Gasteiger partial charge in [0.15, 0.2) is 0 Å². The molecule has 1 N–H and O–H groups in total. The van der Waals surface area contributed by atoms with Crippen molar-refractivity contribution in [3.05, 3.63) is 7.43 Å². The molecule has 0 amide bonds. The summed E-state index contributed by atoms with van der Waals surface area (Å²) in [5, 5.41) is 7.00. The molecule has 1 nitrogen and oxygen atoms in total. The molecule has 0 aliphatic carbocycles. The van der Waals surface area contributed by atoms with Crippen LogP contribution in [0.1, 0.15) is 0 Å². The fourth-order valence-electron chi connectivity index (χ4n) is 0. The van der Waals surface area contributed by atoms with Crippen molar-refractivity contribution in [1.29, 1.82) is 0 Å². The standard InChI is InChI=1S/CH4O.CH3.Zn/c1-2;;/h2H,1H3;1H3;/q;-1;. The Kier molecular flexibility index (Phi) is 412. The first-order valence-corrected chi connectivity index (χ1v) is 0.447. The van der Waals surface area contributed by atoms with Crippen LogP contribution in [-0.2, 0) is 19.5 Å². The van der Waals surface area contributed by atoms with Crippen molar-refractivity contribution in [2.75, 3.05) is 7.11 Å². The second-order valence-electron chi connectivity index (χ2n) is 0. The Bertz CT molecular complexity index is 6.00. The smallest absolute Gasteiger partial charge is 0.0319 e. The van der Waals surface area contributed by atoms with Gasteiger partial charge in [-0.15, -0.1) is 0 Å². The van der Waals surface area contributed by atoms with Crippen LogP contribution in [0.15, 0.2) is 0 Å². The van der Waals surface area contributed by atoms with Gasteiger partial charge >= 0.3 is 0 Å². The number of hydrogen-bond donors (Lipinski definition) is 1. The van der Waals surface area contributed by atoms with Gasteiger partial charge in [-0.05, 0) is 0 Å². The van der Waals surface area contributed by atoms with E-state index in [2.05, 4.69) is 0 Å². The van der Waals surface area contributed by atoms with Gasteiger partial charge in [-0.3, -0.25) is 0 Å². The summed E-state index contributed by atoms with van der Waals surface area (Å²) in [6, 6.07) is 0. The first-order chi connectivity index (χ1) is 1.00. The van der Waals surface area contributed by atoms with Gasteiger partial charge in [0, 0.05) is 26.6 Å². The van der Waals surface area contributed by atoms with Crippen molar-refractivity contribution in [3.63, 3.8) is 0 Å². The van der Waals surface area contributed by atoms with Crippen molar-refractivity contribution in [2.45, 2.75) is 0 Å². The molecule has 0 aliphatic heterocycles. The molecule has 0 bridgehead atoms. The third-order valence-corrected chi connectivity index (χ3v) is 0. The summed E-state index contributed by atoms with van der Waals surface area (Å²) in [5.41, 5.74) is 0. The number of rotatable bonds is 0. The van der Waals surface area contributed by atoms with Crippen LogP contribution in [0, 0.1) is 7.43 Å². The third kappa shape index (κ3) is 19.0. The monoisotopic (exact) mass is 111 g/mol. The van der Waals surface area contributed by atoms with Crippen molar-refractivity contribution >= 4 is 0 Å². The summed E-state index contributed by atoms with van der Waals surface area (Å²) in [6.45, 7) is 0.